The van der Waals surface area contributed by atoms with Crippen molar-refractivity contribution in [3.05, 3.63) is 77.3 Å². The first-order valence-corrected chi connectivity index (χ1v) is 11.3. The zero-order chi connectivity index (χ0) is 21.0. The van der Waals surface area contributed by atoms with Gasteiger partial charge in [0.1, 0.15) is 5.82 Å². The van der Waals surface area contributed by atoms with Crippen LogP contribution in [0.1, 0.15) is 24.3 Å². The number of hydrogen-bond acceptors (Lipinski definition) is 5. The van der Waals surface area contributed by atoms with Gasteiger partial charge in [-0.1, -0.05) is 47.6 Å². The van der Waals surface area contributed by atoms with Crippen LogP contribution >= 0.6 is 0 Å². The van der Waals surface area contributed by atoms with E-state index in [1.165, 1.54) is 15.8 Å². The van der Waals surface area contributed by atoms with E-state index in [0.29, 0.717) is 25.4 Å². The van der Waals surface area contributed by atoms with Crippen LogP contribution in [0.25, 0.3) is 17.5 Å². The predicted octanol–water partition coefficient (Wildman–Crippen LogP) is 4.13. The van der Waals surface area contributed by atoms with Gasteiger partial charge in [-0.25, -0.2) is 12.8 Å². The number of hydrogen-bond donors (Lipinski definition) is 0. The average molecular weight is 428 g/mol. The summed E-state index contributed by atoms with van der Waals surface area (Å²) in [5.41, 5.74) is 1.12. The van der Waals surface area contributed by atoms with Gasteiger partial charge < -0.3 is 4.52 Å². The third-order valence-corrected chi connectivity index (χ3v) is 6.65. The summed E-state index contributed by atoms with van der Waals surface area (Å²) in [5.74, 6) is 0.240. The molecule has 1 atom stereocenters. The van der Waals surface area contributed by atoms with E-state index in [4.69, 9.17) is 4.52 Å². The van der Waals surface area contributed by atoms with E-state index in [2.05, 4.69) is 10.1 Å². The van der Waals surface area contributed by atoms with Crippen LogP contribution in [0.5, 0.6) is 0 Å². The fourth-order valence-corrected chi connectivity index (χ4v) is 4.88. The summed E-state index contributed by atoms with van der Waals surface area (Å²) >= 11 is 0. The summed E-state index contributed by atoms with van der Waals surface area (Å²) in [4.78, 5) is 4.30. The van der Waals surface area contributed by atoms with Gasteiger partial charge in [0.05, 0.1) is 5.56 Å². The van der Waals surface area contributed by atoms with Gasteiger partial charge in [0.25, 0.3) is 0 Å². The number of piperidine rings is 1. The number of nitrogens with zero attached hydrogens (tertiary/aromatic N) is 3. The van der Waals surface area contributed by atoms with Crippen LogP contribution in [0.15, 0.2) is 64.5 Å². The third-order valence-electron chi connectivity index (χ3n) is 5.12. The zero-order valence-corrected chi connectivity index (χ0v) is 17.1. The van der Waals surface area contributed by atoms with Crippen molar-refractivity contribution >= 4 is 16.1 Å². The van der Waals surface area contributed by atoms with Crippen molar-refractivity contribution in [3.8, 4) is 11.4 Å². The lowest BCUT2D eigenvalue weighted by Gasteiger charge is -2.30. The Morgan fingerprint density at radius 3 is 2.70 bits per heavy atom. The second kappa shape index (κ2) is 8.89. The van der Waals surface area contributed by atoms with Crippen molar-refractivity contribution in [1.82, 2.24) is 14.4 Å². The highest BCUT2D eigenvalue weighted by Crippen LogP contribution is 2.25. The Kier molecular flexibility index (Phi) is 6.06. The lowest BCUT2D eigenvalue weighted by Crippen LogP contribution is -2.39. The number of halogens is 1. The second-order valence-corrected chi connectivity index (χ2v) is 9.14. The first-order valence-electron chi connectivity index (χ1n) is 9.82. The molecule has 30 heavy (non-hydrogen) atoms. The molecule has 0 radical (unpaired) electrons. The normalized spacial score (nSPS) is 18.1. The summed E-state index contributed by atoms with van der Waals surface area (Å²) in [6.07, 6.45) is 3.69. The number of rotatable bonds is 6. The highest BCUT2D eigenvalue weighted by molar-refractivity contribution is 7.92. The molecule has 2 aromatic carbocycles. The maximum atomic E-state index is 13.9. The Labute approximate surface area is 175 Å². The number of aromatic nitrogens is 2. The fraction of sp³-hybridized carbons (Fsp3) is 0.273. The summed E-state index contributed by atoms with van der Waals surface area (Å²) in [6, 6.07) is 15.6. The molecule has 0 unspecified atom stereocenters. The minimum Gasteiger partial charge on any atom is -0.339 e. The lowest BCUT2D eigenvalue weighted by molar-refractivity contribution is 0.248. The monoisotopic (exact) mass is 427 g/mol. The van der Waals surface area contributed by atoms with E-state index < -0.39 is 15.8 Å². The predicted molar refractivity (Wildman–Crippen MR) is 112 cm³/mol. The van der Waals surface area contributed by atoms with Gasteiger partial charge in [0.15, 0.2) is 0 Å². The zero-order valence-electron chi connectivity index (χ0n) is 16.3. The first kappa shape index (κ1) is 20.4. The van der Waals surface area contributed by atoms with Crippen LogP contribution in [-0.2, 0) is 16.4 Å². The molecule has 0 bridgehead atoms. The molecule has 3 aromatic rings. The molecule has 0 saturated carbocycles. The van der Waals surface area contributed by atoms with Gasteiger partial charge in [-0.15, -0.1) is 0 Å². The van der Waals surface area contributed by atoms with Crippen LogP contribution in [0.2, 0.25) is 0 Å². The van der Waals surface area contributed by atoms with Crippen LogP contribution in [0.4, 0.5) is 4.39 Å². The van der Waals surface area contributed by atoms with E-state index in [1.807, 2.05) is 30.3 Å². The van der Waals surface area contributed by atoms with Crippen molar-refractivity contribution < 1.29 is 17.3 Å². The molecule has 6 nitrogen and oxygen atoms in total. The molecule has 0 amide bonds. The van der Waals surface area contributed by atoms with Gasteiger partial charge >= 0.3 is 0 Å². The van der Waals surface area contributed by atoms with E-state index in [9.17, 15) is 12.8 Å². The van der Waals surface area contributed by atoms with Crippen LogP contribution in [0.3, 0.4) is 0 Å². The minimum absolute atomic E-state index is 0.0626. The van der Waals surface area contributed by atoms with Crippen molar-refractivity contribution in [2.45, 2.75) is 19.3 Å². The third kappa shape index (κ3) is 4.83. The van der Waals surface area contributed by atoms with Gasteiger partial charge in [-0.3, -0.25) is 0 Å². The SMILES string of the molecule is O=S(=O)(/C=C/c1ccccc1)N1CCC[C@H](Cc2nc(-c3ccccc3F)no2)C1. The van der Waals surface area contributed by atoms with Gasteiger partial charge in [-0.2, -0.15) is 9.29 Å². The highest BCUT2D eigenvalue weighted by Gasteiger charge is 2.28. The Morgan fingerprint density at radius 2 is 1.90 bits per heavy atom. The fourth-order valence-electron chi connectivity index (χ4n) is 3.58. The maximum absolute atomic E-state index is 13.9. The van der Waals surface area contributed by atoms with E-state index in [-0.39, 0.29) is 17.3 Å². The minimum atomic E-state index is -3.51. The molecule has 1 fully saturated rings. The van der Waals surface area contributed by atoms with Crippen molar-refractivity contribution in [2.75, 3.05) is 13.1 Å². The Bertz CT molecular complexity index is 1130. The summed E-state index contributed by atoms with van der Waals surface area (Å²) in [6.45, 7) is 0.876. The average Bonchev–Trinajstić information content (AvgIpc) is 3.22. The lowest BCUT2D eigenvalue weighted by atomic mass is 9.96. The molecule has 1 aliphatic heterocycles. The molecule has 0 N–H and O–H groups in total. The smallest absolute Gasteiger partial charge is 0.236 e. The Morgan fingerprint density at radius 1 is 1.13 bits per heavy atom. The summed E-state index contributed by atoms with van der Waals surface area (Å²) in [7, 11) is -3.51. The molecule has 8 heteroatoms. The van der Waals surface area contributed by atoms with Crippen LogP contribution in [-0.4, -0.2) is 36.0 Å². The molecule has 2 heterocycles. The molecule has 156 valence electrons. The molecule has 1 aliphatic rings. The van der Waals surface area contributed by atoms with Crippen LogP contribution in [0, 0.1) is 11.7 Å². The molecule has 0 spiro atoms. The molecule has 4 rings (SSSR count). The number of benzene rings is 2. The summed E-state index contributed by atoms with van der Waals surface area (Å²) < 4.78 is 46.2. The first-order chi connectivity index (χ1) is 14.5. The largest absolute Gasteiger partial charge is 0.339 e. The summed E-state index contributed by atoms with van der Waals surface area (Å²) in [5, 5.41) is 5.13. The Balaban J connectivity index is 1.42. The second-order valence-electron chi connectivity index (χ2n) is 7.32. The highest BCUT2D eigenvalue weighted by atomic mass is 32.2. The van der Waals surface area contributed by atoms with Gasteiger partial charge in [0, 0.05) is 24.9 Å². The van der Waals surface area contributed by atoms with E-state index in [1.54, 1.807) is 24.3 Å². The van der Waals surface area contributed by atoms with Crippen LogP contribution < -0.4 is 0 Å². The van der Waals surface area contributed by atoms with Crippen molar-refractivity contribution in [1.29, 1.82) is 0 Å². The molecule has 1 saturated heterocycles. The quantitative estimate of drug-likeness (QED) is 0.591. The van der Waals surface area contributed by atoms with Gasteiger partial charge in [0.2, 0.25) is 21.7 Å². The number of sulfonamides is 1. The van der Waals surface area contributed by atoms with Gasteiger partial charge in [-0.05, 0) is 42.5 Å². The topological polar surface area (TPSA) is 76.3 Å². The van der Waals surface area contributed by atoms with E-state index >= 15 is 0 Å². The molecule has 0 aliphatic carbocycles. The Hall–Kier alpha value is -2.84. The van der Waals surface area contributed by atoms with E-state index in [0.717, 1.165) is 18.4 Å². The van der Waals surface area contributed by atoms with Crippen molar-refractivity contribution in [3.63, 3.8) is 0 Å². The molecular weight excluding hydrogens is 405 g/mol. The standard InChI is InChI=1S/C22H22FN3O3S/c23-20-11-5-4-10-19(20)22-24-21(29-25-22)15-18-9-6-13-26(16-18)30(27,28)14-12-17-7-2-1-3-8-17/h1-5,7-8,10-12,14,18H,6,9,13,15-16H2/b14-12+/t18-/m1/s1. The van der Waals surface area contributed by atoms with Crippen molar-refractivity contribution in [2.24, 2.45) is 5.92 Å². The molecule has 1 aromatic heterocycles. The molecular formula is C22H22FN3O3S. The maximum Gasteiger partial charge on any atom is 0.236 e.